The van der Waals surface area contributed by atoms with Gasteiger partial charge in [0, 0.05) is 0 Å². The number of hydrogen-bond acceptors (Lipinski definition) is 2. The van der Waals surface area contributed by atoms with Crippen LogP contribution in [0.2, 0.25) is 0 Å². The molecular weight excluding hydrogens is 422 g/mol. The third-order valence-electron chi connectivity index (χ3n) is 1.64. The molecule has 0 aliphatic rings. The van der Waals surface area contributed by atoms with E-state index in [2.05, 4.69) is 0 Å². The lowest BCUT2D eigenvalue weighted by Gasteiger charge is -2.32. The zero-order chi connectivity index (χ0) is 15.2. The summed E-state index contributed by atoms with van der Waals surface area (Å²) < 4.78 is 126. The predicted octanol–water partition coefficient (Wildman–Crippen LogP) is 3.57. The van der Waals surface area contributed by atoms with Crippen molar-refractivity contribution in [3.05, 3.63) is 0 Å². The molecule has 13 heteroatoms. The lowest BCUT2D eigenvalue weighted by molar-refractivity contribution is -0.315. The van der Waals surface area contributed by atoms with Crippen molar-refractivity contribution >= 4 is 32.8 Å². The summed E-state index contributed by atoms with van der Waals surface area (Å²) in [6.07, 6.45) is -10.0. The first-order valence-corrected chi connectivity index (χ1v) is 6.06. The Hall–Kier alpha value is 0.0500. The summed E-state index contributed by atoms with van der Waals surface area (Å²) in [7, 11) is -7.26. The van der Waals surface area contributed by atoms with Crippen molar-refractivity contribution in [2.75, 3.05) is 0 Å². The molecule has 1 unspecified atom stereocenters. The van der Waals surface area contributed by atoms with Crippen molar-refractivity contribution in [2.24, 2.45) is 0 Å². The molecule has 1 atom stereocenters. The van der Waals surface area contributed by atoms with Crippen LogP contribution in [0, 0.1) is 0 Å². The first-order chi connectivity index (χ1) is 7.46. The third-order valence-corrected chi connectivity index (χ3v) is 3.19. The molecule has 0 bridgehead atoms. The molecule has 0 spiro atoms. The van der Waals surface area contributed by atoms with E-state index in [9.17, 15) is 47.4 Å². The van der Waals surface area contributed by atoms with E-state index in [1.165, 1.54) is 0 Å². The van der Waals surface area contributed by atoms with E-state index in [0.717, 1.165) is 0 Å². The molecule has 2 nitrogen and oxygen atoms in total. The Morgan fingerprint density at radius 2 is 1.22 bits per heavy atom. The highest BCUT2D eigenvalue weighted by molar-refractivity contribution is 14.1. The van der Waals surface area contributed by atoms with Gasteiger partial charge in [-0.25, -0.2) is 4.39 Å². The Labute approximate surface area is 108 Å². The molecule has 0 saturated carbocycles. The highest BCUT2D eigenvalue weighted by Gasteiger charge is 2.79. The minimum absolute atomic E-state index is 0.0951. The van der Waals surface area contributed by atoms with E-state index in [0.29, 0.717) is 0 Å². The average Bonchev–Trinajstić information content (AvgIpc) is 1.95. The molecule has 0 aliphatic heterocycles. The summed E-state index contributed by atoms with van der Waals surface area (Å²) in [6.45, 7) is 0. The number of alkyl halides is 9. The number of rotatable bonds is 4. The van der Waals surface area contributed by atoms with E-state index in [4.69, 9.17) is 0 Å². The molecule has 0 aliphatic carbocycles. The molecule has 0 fully saturated rings. The van der Waals surface area contributed by atoms with E-state index >= 15 is 0 Å². The lowest BCUT2D eigenvalue weighted by atomic mass is 10.1. The SMILES string of the molecule is O=S(=O)(F)C(F)(CC(F)(F)I)C(F)(F)C(F)(F)F. The molecule has 110 valence electrons. The fourth-order valence-corrected chi connectivity index (χ4v) is 2.38. The maximum absolute atomic E-state index is 13.2. The maximum atomic E-state index is 13.2. The van der Waals surface area contributed by atoms with E-state index in [1.54, 1.807) is 0 Å². The summed E-state index contributed by atoms with van der Waals surface area (Å²) in [6, 6.07) is 0. The van der Waals surface area contributed by atoms with E-state index < -0.39 is 37.7 Å². The van der Waals surface area contributed by atoms with Crippen molar-refractivity contribution in [1.82, 2.24) is 0 Å². The van der Waals surface area contributed by atoms with Gasteiger partial charge in [0.05, 0.1) is 6.42 Å². The van der Waals surface area contributed by atoms with Gasteiger partial charge in [-0.15, -0.1) is 3.89 Å². The Balaban J connectivity index is 5.98. The fourth-order valence-electron chi connectivity index (χ4n) is 0.820. The quantitative estimate of drug-likeness (QED) is 0.300. The van der Waals surface area contributed by atoms with Gasteiger partial charge in [0.25, 0.3) is 0 Å². The Morgan fingerprint density at radius 3 is 1.39 bits per heavy atom. The van der Waals surface area contributed by atoms with Gasteiger partial charge in [0.1, 0.15) is 0 Å². The smallest absolute Gasteiger partial charge is 0.216 e. The second-order valence-electron chi connectivity index (χ2n) is 3.03. The van der Waals surface area contributed by atoms with E-state index in [1.807, 2.05) is 0 Å². The van der Waals surface area contributed by atoms with E-state index in [-0.39, 0.29) is 22.6 Å². The van der Waals surface area contributed by atoms with Gasteiger partial charge in [0.2, 0.25) is 0 Å². The molecule has 0 heterocycles. The van der Waals surface area contributed by atoms with Gasteiger partial charge < -0.3 is 0 Å². The van der Waals surface area contributed by atoms with Crippen molar-refractivity contribution < 1.29 is 47.4 Å². The summed E-state index contributed by atoms with van der Waals surface area (Å²) in [5.74, 6) is -6.83. The molecule has 0 aromatic rings. The van der Waals surface area contributed by atoms with Crippen LogP contribution in [-0.2, 0) is 10.2 Å². The topological polar surface area (TPSA) is 34.1 Å². The van der Waals surface area contributed by atoms with Gasteiger partial charge >= 0.3 is 31.3 Å². The average molecular weight is 424 g/mol. The highest BCUT2D eigenvalue weighted by atomic mass is 127. The van der Waals surface area contributed by atoms with Crippen molar-refractivity contribution in [3.63, 3.8) is 0 Å². The molecule has 0 aromatic carbocycles. The van der Waals surface area contributed by atoms with Crippen molar-refractivity contribution in [2.45, 2.75) is 27.4 Å². The minimum Gasteiger partial charge on any atom is -0.216 e. The normalized spacial score (nSPS) is 18.6. The molecule has 0 aromatic heterocycles. The van der Waals surface area contributed by atoms with Gasteiger partial charge in [-0.1, -0.05) is 0 Å². The van der Waals surface area contributed by atoms with Crippen LogP contribution in [-0.4, -0.2) is 29.4 Å². The predicted molar refractivity (Wildman–Crippen MR) is 48.5 cm³/mol. The van der Waals surface area contributed by atoms with Crippen LogP contribution in [0.1, 0.15) is 6.42 Å². The summed E-state index contributed by atoms with van der Waals surface area (Å²) >= 11 is -0.0951. The van der Waals surface area contributed by atoms with Crippen LogP contribution in [0.5, 0.6) is 0 Å². The van der Waals surface area contributed by atoms with Crippen LogP contribution >= 0.6 is 22.6 Å². The zero-order valence-electron chi connectivity index (χ0n) is 7.71. The van der Waals surface area contributed by atoms with Gasteiger partial charge in [0.15, 0.2) is 0 Å². The van der Waals surface area contributed by atoms with Crippen LogP contribution in [0.15, 0.2) is 0 Å². The van der Waals surface area contributed by atoms with Gasteiger partial charge in [-0.2, -0.15) is 39.2 Å². The molecule has 18 heavy (non-hydrogen) atoms. The van der Waals surface area contributed by atoms with Crippen LogP contribution in [0.4, 0.5) is 39.0 Å². The number of halogens is 10. The molecule has 0 rings (SSSR count). The molecule has 0 amide bonds. The first kappa shape index (κ1) is 18.0. The van der Waals surface area contributed by atoms with Crippen LogP contribution < -0.4 is 0 Å². The van der Waals surface area contributed by atoms with Crippen LogP contribution in [0.3, 0.4) is 0 Å². The van der Waals surface area contributed by atoms with Gasteiger partial charge in [-0.05, 0) is 22.6 Å². The molecule has 0 saturated heterocycles. The minimum atomic E-state index is -7.26. The lowest BCUT2D eigenvalue weighted by Crippen LogP contribution is -2.59. The Morgan fingerprint density at radius 1 is 0.889 bits per heavy atom. The standard InChI is InChI=1S/C5H2F9IO2S/c6-2(18(14,16)17,1-3(7,8)15)4(9,10)5(11,12)13/h1H2. The monoisotopic (exact) mass is 424 g/mol. The fraction of sp³-hybridized carbons (Fsp3) is 1.00. The molecule has 0 N–H and O–H groups in total. The van der Waals surface area contributed by atoms with Gasteiger partial charge in [-0.3, -0.25) is 0 Å². The van der Waals surface area contributed by atoms with Crippen molar-refractivity contribution in [1.29, 1.82) is 0 Å². The Bertz CT molecular complexity index is 410. The largest absolute Gasteiger partial charge is 0.458 e. The first-order valence-electron chi connectivity index (χ1n) is 3.60. The third kappa shape index (κ3) is 3.33. The van der Waals surface area contributed by atoms with Crippen molar-refractivity contribution in [3.8, 4) is 0 Å². The second kappa shape index (κ2) is 4.56. The highest BCUT2D eigenvalue weighted by Crippen LogP contribution is 2.53. The van der Waals surface area contributed by atoms with Crippen LogP contribution in [0.25, 0.3) is 0 Å². The Kier molecular flexibility index (Phi) is 4.57. The number of hydrogen-bond donors (Lipinski definition) is 0. The second-order valence-corrected chi connectivity index (χ2v) is 6.13. The zero-order valence-corrected chi connectivity index (χ0v) is 10.7. The molecular formula is C5H2F9IO2S. The molecule has 0 radical (unpaired) electrons. The summed E-state index contributed by atoms with van der Waals surface area (Å²) in [4.78, 5) is 0. The maximum Gasteiger partial charge on any atom is 0.458 e. The summed E-state index contributed by atoms with van der Waals surface area (Å²) in [5, 5.41) is -6.11. The summed E-state index contributed by atoms with van der Waals surface area (Å²) in [5.41, 5.74) is 0.